The summed E-state index contributed by atoms with van der Waals surface area (Å²) in [5, 5.41) is 11.6. The zero-order valence-electron chi connectivity index (χ0n) is 8.96. The van der Waals surface area contributed by atoms with Crippen LogP contribution in [-0.2, 0) is 0 Å². The fourth-order valence-electron chi connectivity index (χ4n) is 1.54. The lowest BCUT2D eigenvalue weighted by Crippen LogP contribution is -1.91. The maximum Gasteiger partial charge on any atom is 0.0790 e. The zero-order chi connectivity index (χ0) is 11.4. The van der Waals surface area contributed by atoms with Gasteiger partial charge in [-0.15, -0.1) is 0 Å². The van der Waals surface area contributed by atoms with Gasteiger partial charge in [0.15, 0.2) is 0 Å². The molecule has 1 aromatic carbocycles. The quantitative estimate of drug-likeness (QED) is 0.472. The summed E-state index contributed by atoms with van der Waals surface area (Å²) in [4.78, 5) is 4.29. The Balaban J connectivity index is 2.51. The molecule has 80 valence electrons. The van der Waals surface area contributed by atoms with E-state index in [4.69, 9.17) is 5.21 Å². The van der Waals surface area contributed by atoms with E-state index in [1.807, 2.05) is 43.3 Å². The lowest BCUT2D eigenvalue weighted by molar-refractivity contribution is 0.322. The van der Waals surface area contributed by atoms with Crippen LogP contribution in [0.25, 0.3) is 11.3 Å². The van der Waals surface area contributed by atoms with Crippen LogP contribution >= 0.6 is 0 Å². The van der Waals surface area contributed by atoms with Gasteiger partial charge in [0.05, 0.1) is 11.9 Å². The van der Waals surface area contributed by atoms with Crippen LogP contribution in [0.3, 0.4) is 0 Å². The molecule has 1 heterocycles. The molecule has 1 aromatic heterocycles. The molecular weight excluding hydrogens is 200 g/mol. The number of hydrogen-bond acceptors (Lipinski definition) is 3. The number of benzene rings is 1. The van der Waals surface area contributed by atoms with Crippen LogP contribution in [-0.4, -0.2) is 16.4 Å². The number of oxime groups is 1. The Labute approximate surface area is 94.1 Å². The lowest BCUT2D eigenvalue weighted by Gasteiger charge is -2.04. The third-order valence-electron chi connectivity index (χ3n) is 2.36. The molecule has 3 heteroatoms. The molecule has 0 spiro atoms. The summed E-state index contributed by atoms with van der Waals surface area (Å²) in [7, 11) is 0. The second kappa shape index (κ2) is 4.57. The highest BCUT2D eigenvalue weighted by Crippen LogP contribution is 2.20. The van der Waals surface area contributed by atoms with E-state index in [-0.39, 0.29) is 0 Å². The first-order chi connectivity index (χ1) is 7.81. The van der Waals surface area contributed by atoms with Crippen LogP contribution in [0.5, 0.6) is 0 Å². The van der Waals surface area contributed by atoms with Gasteiger partial charge in [0.1, 0.15) is 0 Å². The van der Waals surface area contributed by atoms with Gasteiger partial charge < -0.3 is 5.21 Å². The molecule has 0 fully saturated rings. The number of pyridine rings is 1. The molecule has 0 aliphatic carbocycles. The Morgan fingerprint density at radius 1 is 1.19 bits per heavy atom. The highest BCUT2D eigenvalue weighted by atomic mass is 16.4. The van der Waals surface area contributed by atoms with E-state index < -0.39 is 0 Å². The van der Waals surface area contributed by atoms with Crippen molar-refractivity contribution in [3.8, 4) is 11.3 Å². The standard InChI is InChI=1S/C13H12N2O/c1-10-4-6-11(7-5-10)13-12(9-15-16)3-2-8-14-13/h2-9,16H,1H3/b15-9+. The van der Waals surface area contributed by atoms with Gasteiger partial charge in [0.2, 0.25) is 0 Å². The highest BCUT2D eigenvalue weighted by molar-refractivity contribution is 5.88. The van der Waals surface area contributed by atoms with Crippen LogP contribution in [0.1, 0.15) is 11.1 Å². The molecule has 0 unspecified atom stereocenters. The van der Waals surface area contributed by atoms with Crippen LogP contribution in [0.2, 0.25) is 0 Å². The molecule has 0 atom stereocenters. The van der Waals surface area contributed by atoms with Gasteiger partial charge in [0.25, 0.3) is 0 Å². The molecule has 16 heavy (non-hydrogen) atoms. The average molecular weight is 212 g/mol. The average Bonchev–Trinajstić information content (AvgIpc) is 2.32. The first-order valence-electron chi connectivity index (χ1n) is 5.01. The van der Waals surface area contributed by atoms with Crippen molar-refractivity contribution in [2.24, 2.45) is 5.16 Å². The third kappa shape index (κ3) is 2.08. The van der Waals surface area contributed by atoms with Crippen molar-refractivity contribution >= 4 is 6.21 Å². The Morgan fingerprint density at radius 2 is 1.94 bits per heavy atom. The minimum Gasteiger partial charge on any atom is -0.411 e. The number of hydrogen-bond donors (Lipinski definition) is 1. The van der Waals surface area contributed by atoms with Crippen molar-refractivity contribution in [3.63, 3.8) is 0 Å². The number of aromatic nitrogens is 1. The van der Waals surface area contributed by atoms with E-state index in [9.17, 15) is 0 Å². The number of nitrogens with zero attached hydrogens (tertiary/aromatic N) is 2. The first kappa shape index (κ1) is 10.4. The van der Waals surface area contributed by atoms with E-state index in [2.05, 4.69) is 10.1 Å². The fourth-order valence-corrected chi connectivity index (χ4v) is 1.54. The van der Waals surface area contributed by atoms with Gasteiger partial charge in [-0.3, -0.25) is 4.98 Å². The normalized spacial score (nSPS) is 10.8. The maximum atomic E-state index is 8.58. The van der Waals surface area contributed by atoms with E-state index in [1.165, 1.54) is 11.8 Å². The molecule has 3 nitrogen and oxygen atoms in total. The summed E-state index contributed by atoms with van der Waals surface area (Å²) in [6, 6.07) is 11.8. The molecule has 0 amide bonds. The van der Waals surface area contributed by atoms with Crippen molar-refractivity contribution in [1.29, 1.82) is 0 Å². The molecule has 2 rings (SSSR count). The predicted molar refractivity (Wildman–Crippen MR) is 63.8 cm³/mol. The highest BCUT2D eigenvalue weighted by Gasteiger charge is 2.03. The first-order valence-corrected chi connectivity index (χ1v) is 5.01. The molecule has 0 aliphatic rings. The Bertz CT molecular complexity index is 504. The molecule has 0 aliphatic heterocycles. The monoisotopic (exact) mass is 212 g/mol. The van der Waals surface area contributed by atoms with Crippen molar-refractivity contribution in [3.05, 3.63) is 53.7 Å². The summed E-state index contributed by atoms with van der Waals surface area (Å²) in [6.45, 7) is 2.04. The molecule has 2 aromatic rings. The van der Waals surface area contributed by atoms with Crippen molar-refractivity contribution in [1.82, 2.24) is 4.98 Å². The van der Waals surface area contributed by atoms with Crippen LogP contribution < -0.4 is 0 Å². The second-order valence-corrected chi connectivity index (χ2v) is 3.55. The topological polar surface area (TPSA) is 45.5 Å². The van der Waals surface area contributed by atoms with E-state index in [0.717, 1.165) is 16.8 Å². The largest absolute Gasteiger partial charge is 0.411 e. The van der Waals surface area contributed by atoms with E-state index >= 15 is 0 Å². The molecule has 1 N–H and O–H groups in total. The van der Waals surface area contributed by atoms with Crippen LogP contribution in [0.15, 0.2) is 47.8 Å². The Morgan fingerprint density at radius 3 is 2.62 bits per heavy atom. The molecular formula is C13H12N2O. The smallest absolute Gasteiger partial charge is 0.0790 e. The maximum absolute atomic E-state index is 8.58. The van der Waals surface area contributed by atoms with Crippen molar-refractivity contribution in [2.45, 2.75) is 6.92 Å². The van der Waals surface area contributed by atoms with Gasteiger partial charge in [-0.05, 0) is 19.1 Å². The van der Waals surface area contributed by atoms with E-state index in [1.54, 1.807) is 6.20 Å². The lowest BCUT2D eigenvalue weighted by atomic mass is 10.1. The second-order valence-electron chi connectivity index (χ2n) is 3.55. The summed E-state index contributed by atoms with van der Waals surface area (Å²) >= 11 is 0. The molecule has 0 bridgehead atoms. The minimum absolute atomic E-state index is 0.800. The third-order valence-corrected chi connectivity index (χ3v) is 2.36. The Kier molecular flexibility index (Phi) is 2.96. The van der Waals surface area contributed by atoms with Crippen LogP contribution in [0.4, 0.5) is 0 Å². The summed E-state index contributed by atoms with van der Waals surface area (Å²) in [6.07, 6.45) is 3.12. The molecule has 0 saturated heterocycles. The summed E-state index contributed by atoms with van der Waals surface area (Å²) in [5.41, 5.74) is 3.84. The molecule has 0 saturated carbocycles. The zero-order valence-corrected chi connectivity index (χ0v) is 8.96. The minimum atomic E-state index is 0.800. The van der Waals surface area contributed by atoms with Gasteiger partial charge >= 0.3 is 0 Å². The van der Waals surface area contributed by atoms with Gasteiger partial charge in [-0.25, -0.2) is 0 Å². The van der Waals surface area contributed by atoms with Gasteiger partial charge in [0, 0.05) is 17.3 Å². The van der Waals surface area contributed by atoms with Crippen LogP contribution in [0, 0.1) is 6.92 Å². The SMILES string of the molecule is Cc1ccc(-c2ncccc2/C=N/O)cc1. The number of aryl methyl sites for hydroxylation is 1. The molecule has 0 radical (unpaired) electrons. The summed E-state index contributed by atoms with van der Waals surface area (Å²) < 4.78 is 0. The van der Waals surface area contributed by atoms with Gasteiger partial charge in [-0.2, -0.15) is 0 Å². The van der Waals surface area contributed by atoms with Gasteiger partial charge in [-0.1, -0.05) is 35.0 Å². The predicted octanol–water partition coefficient (Wildman–Crippen LogP) is 2.87. The fraction of sp³-hybridized carbons (Fsp3) is 0.0769. The number of rotatable bonds is 2. The van der Waals surface area contributed by atoms with Crippen molar-refractivity contribution < 1.29 is 5.21 Å². The van der Waals surface area contributed by atoms with Crippen molar-refractivity contribution in [2.75, 3.05) is 0 Å². The summed E-state index contributed by atoms with van der Waals surface area (Å²) in [5.74, 6) is 0. The van der Waals surface area contributed by atoms with E-state index in [0.29, 0.717) is 0 Å². The Hall–Kier alpha value is -2.16.